The summed E-state index contributed by atoms with van der Waals surface area (Å²) in [5, 5.41) is 11.2. The van der Waals surface area contributed by atoms with Gasteiger partial charge in [-0.15, -0.1) is 0 Å². The van der Waals surface area contributed by atoms with Crippen LogP contribution in [0.4, 0.5) is 11.6 Å². The Morgan fingerprint density at radius 2 is 2.23 bits per heavy atom. The van der Waals surface area contributed by atoms with Crippen molar-refractivity contribution in [2.24, 2.45) is 0 Å². The number of nitrogens with two attached hydrogens (primary N) is 1. The molecule has 2 aliphatic rings. The highest BCUT2D eigenvalue weighted by molar-refractivity contribution is 6.04. The smallest absolute Gasteiger partial charge is 0.246 e. The number of carbonyl (C=O) groups excluding carboxylic acids is 1. The highest BCUT2D eigenvalue weighted by Gasteiger charge is 2.27. The van der Waals surface area contributed by atoms with Gasteiger partial charge in [0.25, 0.3) is 0 Å². The first-order valence-electron chi connectivity index (χ1n) is 9.04. The summed E-state index contributed by atoms with van der Waals surface area (Å²) in [6.45, 7) is 3.79. The number of nitrogen functional groups attached to an aromatic ring is 1. The maximum absolute atomic E-state index is 12.4. The van der Waals surface area contributed by atoms with Crippen molar-refractivity contribution in [2.75, 3.05) is 37.7 Å². The maximum Gasteiger partial charge on any atom is 0.246 e. The van der Waals surface area contributed by atoms with Gasteiger partial charge in [0.1, 0.15) is 18.0 Å². The molecule has 3 rings (SSSR count). The molecule has 0 spiro atoms. The van der Waals surface area contributed by atoms with Crippen LogP contribution in [-0.2, 0) is 4.79 Å². The summed E-state index contributed by atoms with van der Waals surface area (Å²) in [5.41, 5.74) is 6.71. The van der Waals surface area contributed by atoms with Crippen LogP contribution in [0.25, 0.3) is 0 Å². The van der Waals surface area contributed by atoms with Gasteiger partial charge in [-0.2, -0.15) is 0 Å². The third-order valence-corrected chi connectivity index (χ3v) is 4.92. The molecule has 1 amide bonds. The van der Waals surface area contributed by atoms with E-state index >= 15 is 0 Å². The molecular formula is C18H27N7O. The molecule has 1 saturated heterocycles. The van der Waals surface area contributed by atoms with Crippen LogP contribution in [0.15, 0.2) is 18.5 Å². The third-order valence-electron chi connectivity index (χ3n) is 4.92. The fourth-order valence-electron chi connectivity index (χ4n) is 3.24. The number of amides is 1. The molecule has 1 unspecified atom stereocenters. The van der Waals surface area contributed by atoms with Crippen LogP contribution >= 0.6 is 0 Å². The Hall–Kier alpha value is -2.48. The third kappa shape index (κ3) is 4.37. The number of aromatic nitrogens is 2. The minimum Gasteiger partial charge on any atom is -0.383 e. The predicted molar refractivity (Wildman–Crippen MR) is 102 cm³/mol. The van der Waals surface area contributed by atoms with Gasteiger partial charge in [-0.1, -0.05) is 6.08 Å². The Kier molecular flexibility index (Phi) is 5.51. The van der Waals surface area contributed by atoms with E-state index in [0.29, 0.717) is 42.0 Å². The van der Waals surface area contributed by atoms with Crippen molar-refractivity contribution in [1.82, 2.24) is 19.8 Å². The monoisotopic (exact) mass is 357 g/mol. The molecule has 1 saturated carbocycles. The lowest BCUT2D eigenvalue weighted by molar-refractivity contribution is -0.125. The molecule has 0 bridgehead atoms. The molecule has 8 heteroatoms. The first-order chi connectivity index (χ1) is 12.5. The van der Waals surface area contributed by atoms with Crippen molar-refractivity contribution < 1.29 is 4.79 Å². The fraction of sp³-hybridized carbons (Fsp3) is 0.556. The van der Waals surface area contributed by atoms with Crippen LogP contribution in [0, 0.1) is 5.41 Å². The first-order valence-corrected chi connectivity index (χ1v) is 9.04. The number of likely N-dealkylation sites (tertiary alicyclic amines) is 1. The average Bonchev–Trinajstić information content (AvgIpc) is 3.34. The maximum atomic E-state index is 12.4. The molecule has 0 aromatic carbocycles. The molecule has 26 heavy (non-hydrogen) atoms. The largest absolute Gasteiger partial charge is 0.383 e. The van der Waals surface area contributed by atoms with E-state index in [1.165, 1.54) is 19.2 Å². The van der Waals surface area contributed by atoms with E-state index < -0.39 is 0 Å². The van der Waals surface area contributed by atoms with Gasteiger partial charge in [0, 0.05) is 43.5 Å². The lowest BCUT2D eigenvalue weighted by atomic mass is 10.1. The Bertz CT molecular complexity index is 713. The summed E-state index contributed by atoms with van der Waals surface area (Å²) < 4.78 is 0. The van der Waals surface area contributed by atoms with Gasteiger partial charge in [0.2, 0.25) is 5.91 Å². The standard InChI is InChI=1S/C18H27N7O/c1-12(19)16-17(20)21-11-22-18(16)23-13-7-9-25(10-13)15(26)4-3-8-24(2)14-5-6-14/h3-4,11,13-14,19H,5-10H2,1-2H3,(H3,20,21,22,23)/b4-3+,19-12?. The molecule has 1 atom stereocenters. The van der Waals surface area contributed by atoms with Gasteiger partial charge in [-0.3, -0.25) is 9.69 Å². The number of likely N-dealkylation sites (N-methyl/N-ethyl adjacent to an activating group) is 1. The fourth-order valence-corrected chi connectivity index (χ4v) is 3.24. The molecule has 0 radical (unpaired) electrons. The van der Waals surface area contributed by atoms with Crippen LogP contribution in [-0.4, -0.2) is 70.2 Å². The van der Waals surface area contributed by atoms with Crippen LogP contribution < -0.4 is 11.1 Å². The molecule has 8 nitrogen and oxygen atoms in total. The van der Waals surface area contributed by atoms with Gasteiger partial charge in [0.05, 0.1) is 5.56 Å². The van der Waals surface area contributed by atoms with Crippen LogP contribution in [0.5, 0.6) is 0 Å². The second kappa shape index (κ2) is 7.82. The Labute approximate surface area is 154 Å². The first kappa shape index (κ1) is 18.3. The van der Waals surface area contributed by atoms with E-state index in [4.69, 9.17) is 11.1 Å². The summed E-state index contributed by atoms with van der Waals surface area (Å²) in [7, 11) is 2.10. The molecule has 1 aromatic rings. The summed E-state index contributed by atoms with van der Waals surface area (Å²) in [4.78, 5) is 24.6. The normalized spacial score (nSPS) is 20.1. The average molecular weight is 357 g/mol. The van der Waals surface area contributed by atoms with Crippen molar-refractivity contribution in [3.8, 4) is 0 Å². The second-order valence-electron chi connectivity index (χ2n) is 7.09. The van der Waals surface area contributed by atoms with E-state index in [0.717, 1.165) is 13.0 Å². The zero-order chi connectivity index (χ0) is 18.7. The summed E-state index contributed by atoms with van der Waals surface area (Å²) in [5.74, 6) is 0.902. The van der Waals surface area contributed by atoms with E-state index in [1.807, 2.05) is 11.0 Å². The quantitative estimate of drug-likeness (QED) is 0.498. The summed E-state index contributed by atoms with van der Waals surface area (Å²) in [6, 6.07) is 0.788. The molecule has 1 aliphatic heterocycles. The second-order valence-corrected chi connectivity index (χ2v) is 7.09. The molecule has 2 fully saturated rings. The zero-order valence-electron chi connectivity index (χ0n) is 15.4. The molecule has 4 N–H and O–H groups in total. The molecule has 1 aromatic heterocycles. The lowest BCUT2D eigenvalue weighted by Crippen LogP contribution is -2.31. The zero-order valence-corrected chi connectivity index (χ0v) is 15.4. The molecular weight excluding hydrogens is 330 g/mol. The van der Waals surface area contributed by atoms with Crippen molar-refractivity contribution >= 4 is 23.3 Å². The van der Waals surface area contributed by atoms with E-state index in [1.54, 1.807) is 13.0 Å². The summed E-state index contributed by atoms with van der Waals surface area (Å²) in [6.07, 6.45) is 8.38. The number of hydrogen-bond donors (Lipinski definition) is 3. The SMILES string of the molecule is CC(=N)c1c(N)ncnc1NC1CCN(C(=O)/C=C/CN(C)C2CC2)C1. The minimum atomic E-state index is 0.0455. The molecule has 140 valence electrons. The van der Waals surface area contributed by atoms with Crippen molar-refractivity contribution in [3.63, 3.8) is 0 Å². The van der Waals surface area contributed by atoms with Gasteiger partial charge in [-0.25, -0.2) is 9.97 Å². The Morgan fingerprint density at radius 1 is 1.46 bits per heavy atom. The van der Waals surface area contributed by atoms with E-state index in [9.17, 15) is 4.79 Å². The van der Waals surface area contributed by atoms with Crippen LogP contribution in [0.2, 0.25) is 0 Å². The topological polar surface area (TPSA) is 111 Å². The Balaban J connectivity index is 1.54. The number of anilines is 2. The van der Waals surface area contributed by atoms with Crippen LogP contribution in [0.1, 0.15) is 31.7 Å². The van der Waals surface area contributed by atoms with Crippen molar-refractivity contribution in [1.29, 1.82) is 5.41 Å². The number of nitrogens with one attached hydrogen (secondary N) is 2. The van der Waals surface area contributed by atoms with Gasteiger partial charge in [0.15, 0.2) is 0 Å². The van der Waals surface area contributed by atoms with Crippen LogP contribution in [0.3, 0.4) is 0 Å². The minimum absolute atomic E-state index is 0.0455. The molecule has 2 heterocycles. The highest BCUT2D eigenvalue weighted by atomic mass is 16.2. The predicted octanol–water partition coefficient (Wildman–Crippen LogP) is 1.11. The Morgan fingerprint density at radius 3 is 2.92 bits per heavy atom. The lowest BCUT2D eigenvalue weighted by Gasteiger charge is -2.18. The van der Waals surface area contributed by atoms with Gasteiger partial charge < -0.3 is 21.4 Å². The highest BCUT2D eigenvalue weighted by Crippen LogP contribution is 2.25. The number of hydrogen-bond acceptors (Lipinski definition) is 7. The summed E-state index contributed by atoms with van der Waals surface area (Å²) >= 11 is 0. The van der Waals surface area contributed by atoms with E-state index in [2.05, 4.69) is 27.2 Å². The number of nitrogens with zero attached hydrogens (tertiary/aromatic N) is 4. The number of carbonyl (C=O) groups is 1. The van der Waals surface area contributed by atoms with Crippen molar-refractivity contribution in [2.45, 2.75) is 38.3 Å². The molecule has 1 aliphatic carbocycles. The van der Waals surface area contributed by atoms with Crippen molar-refractivity contribution in [3.05, 3.63) is 24.0 Å². The van der Waals surface area contributed by atoms with E-state index in [-0.39, 0.29) is 11.9 Å². The van der Waals surface area contributed by atoms with Gasteiger partial charge in [-0.05, 0) is 33.2 Å². The number of rotatable bonds is 7. The van der Waals surface area contributed by atoms with Gasteiger partial charge >= 0.3 is 0 Å².